The summed E-state index contributed by atoms with van der Waals surface area (Å²) in [5.41, 5.74) is 0.630. The summed E-state index contributed by atoms with van der Waals surface area (Å²) in [6.45, 7) is 1.85. The van der Waals surface area contributed by atoms with Crippen molar-refractivity contribution in [1.29, 1.82) is 0 Å². The van der Waals surface area contributed by atoms with Gasteiger partial charge in [-0.15, -0.1) is 0 Å². The van der Waals surface area contributed by atoms with E-state index in [-0.39, 0.29) is 19.1 Å². The molecule has 1 aliphatic rings. The number of aromatic hydroxyl groups is 1. The summed E-state index contributed by atoms with van der Waals surface area (Å²) < 4.78 is 21.8. The summed E-state index contributed by atoms with van der Waals surface area (Å²) in [4.78, 5) is 0. The van der Waals surface area contributed by atoms with Crippen molar-refractivity contribution in [2.75, 3.05) is 20.5 Å². The Bertz CT molecular complexity index is 1050. The van der Waals surface area contributed by atoms with E-state index >= 15 is 0 Å². The van der Waals surface area contributed by atoms with Crippen LogP contribution in [-0.2, 0) is 10.3 Å². The van der Waals surface area contributed by atoms with Gasteiger partial charge >= 0.3 is 0 Å². The van der Waals surface area contributed by atoms with Crippen LogP contribution < -0.4 is 14.2 Å². The van der Waals surface area contributed by atoms with Gasteiger partial charge in [0.25, 0.3) is 0 Å². The predicted molar refractivity (Wildman–Crippen MR) is 117 cm³/mol. The zero-order valence-electron chi connectivity index (χ0n) is 17.9. The number of fused-ring (bicyclic) bond motifs is 1. The lowest BCUT2D eigenvalue weighted by molar-refractivity contribution is -0.000775. The number of phenolic OH excluding ortho intramolecular Hbond substituents is 1. The van der Waals surface area contributed by atoms with Gasteiger partial charge in [0.15, 0.2) is 13.1 Å². The number of ether oxygens (including phenoxy) is 4. The van der Waals surface area contributed by atoms with Crippen LogP contribution in [0.5, 0.6) is 23.0 Å². The Balaban J connectivity index is 1.77. The number of benzene rings is 3. The third-order valence-electron chi connectivity index (χ3n) is 5.51. The second-order valence-corrected chi connectivity index (χ2v) is 7.67. The number of phenols is 1. The maximum absolute atomic E-state index is 12.2. The molecule has 0 aliphatic carbocycles. The molecule has 3 unspecified atom stereocenters. The first kappa shape index (κ1) is 22.0. The van der Waals surface area contributed by atoms with E-state index in [1.807, 2.05) is 12.1 Å². The summed E-state index contributed by atoms with van der Waals surface area (Å²) in [7, 11) is 1.54. The molecule has 0 saturated heterocycles. The molecule has 0 spiro atoms. The summed E-state index contributed by atoms with van der Waals surface area (Å²) in [6, 6.07) is 19.0. The SMILES string of the molecule is COCOc1ccc2c(c1)OCC(c1ccc(OC(C)O)cc1)C2(O)c1ccc(O)cc1. The summed E-state index contributed by atoms with van der Waals surface area (Å²) in [5.74, 6) is 1.28. The lowest BCUT2D eigenvalue weighted by Crippen LogP contribution is -2.41. The Kier molecular flexibility index (Phi) is 6.23. The van der Waals surface area contributed by atoms with E-state index in [0.29, 0.717) is 28.4 Å². The fourth-order valence-electron chi connectivity index (χ4n) is 4.02. The Morgan fingerprint density at radius 3 is 2.38 bits per heavy atom. The molecule has 3 N–H and O–H groups in total. The first-order chi connectivity index (χ1) is 15.4. The van der Waals surface area contributed by atoms with Crippen molar-refractivity contribution in [2.24, 2.45) is 0 Å². The number of aliphatic hydroxyl groups is 2. The number of methoxy groups -OCH3 is 1. The average molecular weight is 438 g/mol. The molecule has 168 valence electrons. The average Bonchev–Trinajstić information content (AvgIpc) is 2.78. The van der Waals surface area contributed by atoms with Crippen LogP contribution in [0.2, 0.25) is 0 Å². The van der Waals surface area contributed by atoms with Gasteiger partial charge in [-0.1, -0.05) is 24.3 Å². The Morgan fingerprint density at radius 1 is 1.03 bits per heavy atom. The maximum Gasteiger partial charge on any atom is 0.194 e. The fourth-order valence-corrected chi connectivity index (χ4v) is 4.02. The van der Waals surface area contributed by atoms with Gasteiger partial charge in [0.1, 0.15) is 28.6 Å². The number of hydrogen-bond acceptors (Lipinski definition) is 7. The van der Waals surface area contributed by atoms with Crippen LogP contribution in [0.3, 0.4) is 0 Å². The van der Waals surface area contributed by atoms with Gasteiger partial charge in [-0.2, -0.15) is 0 Å². The maximum atomic E-state index is 12.2. The molecule has 3 aromatic carbocycles. The van der Waals surface area contributed by atoms with E-state index in [2.05, 4.69) is 0 Å². The lowest BCUT2D eigenvalue weighted by atomic mass is 9.71. The number of aliphatic hydroxyl groups excluding tert-OH is 1. The second-order valence-electron chi connectivity index (χ2n) is 7.67. The van der Waals surface area contributed by atoms with Gasteiger partial charge in [0.2, 0.25) is 0 Å². The molecule has 32 heavy (non-hydrogen) atoms. The molecule has 3 aromatic rings. The molecular weight excluding hydrogens is 412 g/mol. The lowest BCUT2D eigenvalue weighted by Gasteiger charge is -2.42. The molecule has 0 bridgehead atoms. The first-order valence-corrected chi connectivity index (χ1v) is 10.3. The molecule has 0 aromatic heterocycles. The van der Waals surface area contributed by atoms with Crippen molar-refractivity contribution in [3.05, 3.63) is 83.4 Å². The van der Waals surface area contributed by atoms with Crippen molar-refractivity contribution in [3.8, 4) is 23.0 Å². The van der Waals surface area contributed by atoms with Gasteiger partial charge in [-0.25, -0.2) is 0 Å². The van der Waals surface area contributed by atoms with E-state index in [9.17, 15) is 15.3 Å². The van der Waals surface area contributed by atoms with Crippen LogP contribution in [0.25, 0.3) is 0 Å². The molecule has 0 amide bonds. The molecule has 0 saturated carbocycles. The van der Waals surface area contributed by atoms with Crippen molar-refractivity contribution in [3.63, 3.8) is 0 Å². The van der Waals surface area contributed by atoms with Crippen molar-refractivity contribution in [2.45, 2.75) is 24.7 Å². The van der Waals surface area contributed by atoms with Crippen LogP contribution in [0.15, 0.2) is 66.7 Å². The topological polar surface area (TPSA) is 97.6 Å². The van der Waals surface area contributed by atoms with Crippen LogP contribution >= 0.6 is 0 Å². The zero-order valence-corrected chi connectivity index (χ0v) is 17.9. The van der Waals surface area contributed by atoms with Crippen molar-refractivity contribution >= 4 is 0 Å². The Morgan fingerprint density at radius 2 is 1.72 bits per heavy atom. The van der Waals surface area contributed by atoms with Crippen LogP contribution in [0, 0.1) is 0 Å². The molecule has 4 rings (SSSR count). The highest BCUT2D eigenvalue weighted by molar-refractivity contribution is 5.53. The standard InChI is InChI=1S/C25H26O7/c1-16(26)32-20-9-3-17(4-10-20)23-14-30-24-13-21(31-15-29-2)11-12-22(24)25(23,28)18-5-7-19(27)8-6-18/h3-13,16,23,26-28H,14-15H2,1-2H3. The molecule has 0 radical (unpaired) electrons. The molecular formula is C25H26O7. The van der Waals surface area contributed by atoms with E-state index in [1.54, 1.807) is 61.7 Å². The zero-order chi connectivity index (χ0) is 22.7. The second kappa shape index (κ2) is 9.08. The van der Waals surface area contributed by atoms with Gasteiger partial charge in [0.05, 0.1) is 12.5 Å². The van der Waals surface area contributed by atoms with E-state index in [4.69, 9.17) is 18.9 Å². The molecule has 7 heteroatoms. The monoisotopic (exact) mass is 438 g/mol. The van der Waals surface area contributed by atoms with Gasteiger partial charge in [-0.3, -0.25) is 0 Å². The highest BCUT2D eigenvalue weighted by Gasteiger charge is 2.46. The van der Waals surface area contributed by atoms with E-state index < -0.39 is 17.8 Å². The van der Waals surface area contributed by atoms with E-state index in [0.717, 1.165) is 5.56 Å². The summed E-state index contributed by atoms with van der Waals surface area (Å²) in [6.07, 6.45) is -0.922. The smallest absolute Gasteiger partial charge is 0.194 e. The van der Waals surface area contributed by atoms with Gasteiger partial charge < -0.3 is 34.3 Å². The van der Waals surface area contributed by atoms with Crippen LogP contribution in [0.4, 0.5) is 0 Å². The molecule has 3 atom stereocenters. The Labute approximate surface area is 186 Å². The first-order valence-electron chi connectivity index (χ1n) is 10.3. The van der Waals surface area contributed by atoms with Gasteiger partial charge in [0, 0.05) is 18.7 Å². The van der Waals surface area contributed by atoms with E-state index in [1.165, 1.54) is 6.92 Å². The van der Waals surface area contributed by atoms with Gasteiger partial charge in [-0.05, 0) is 54.4 Å². The normalized spacial score (nSPS) is 20.7. The fraction of sp³-hybridized carbons (Fsp3) is 0.280. The largest absolute Gasteiger partial charge is 0.508 e. The highest BCUT2D eigenvalue weighted by atomic mass is 16.7. The summed E-state index contributed by atoms with van der Waals surface area (Å²) >= 11 is 0. The predicted octanol–water partition coefficient (Wildman–Crippen LogP) is 3.50. The third-order valence-corrected chi connectivity index (χ3v) is 5.51. The number of hydrogen-bond donors (Lipinski definition) is 3. The highest BCUT2D eigenvalue weighted by Crippen LogP contribution is 2.50. The minimum absolute atomic E-state index is 0.102. The minimum atomic E-state index is -1.42. The number of rotatable bonds is 7. The Hall–Kier alpha value is -3.26. The van der Waals surface area contributed by atoms with Crippen molar-refractivity contribution < 1.29 is 34.3 Å². The quantitative estimate of drug-likeness (QED) is 0.486. The molecule has 0 fully saturated rings. The summed E-state index contributed by atoms with van der Waals surface area (Å²) in [5, 5.41) is 31.4. The third kappa shape index (κ3) is 4.23. The van der Waals surface area contributed by atoms with Crippen LogP contribution in [-0.4, -0.2) is 42.1 Å². The molecule has 1 heterocycles. The molecule has 1 aliphatic heterocycles. The minimum Gasteiger partial charge on any atom is -0.508 e. The molecule has 7 nitrogen and oxygen atoms in total. The van der Waals surface area contributed by atoms with Crippen LogP contribution in [0.1, 0.15) is 29.5 Å². The van der Waals surface area contributed by atoms with Crippen molar-refractivity contribution in [1.82, 2.24) is 0 Å².